The second kappa shape index (κ2) is 12.9. The highest BCUT2D eigenvalue weighted by Gasteiger charge is 2.39. The molecule has 1 aromatic carbocycles. The quantitative estimate of drug-likeness (QED) is 0.418. The normalized spacial score (nSPS) is 25.5. The largest absolute Gasteiger partial charge is 0.365 e. The van der Waals surface area contributed by atoms with Gasteiger partial charge < -0.3 is 14.7 Å². The molecule has 1 saturated carbocycles. The lowest BCUT2D eigenvalue weighted by Gasteiger charge is -2.44. The molecule has 0 radical (unpaired) electrons. The van der Waals surface area contributed by atoms with E-state index in [1.807, 2.05) is 19.0 Å². The van der Waals surface area contributed by atoms with Crippen molar-refractivity contribution in [3.05, 3.63) is 35.9 Å². The van der Waals surface area contributed by atoms with E-state index in [2.05, 4.69) is 56.3 Å². The van der Waals surface area contributed by atoms with Gasteiger partial charge in [-0.1, -0.05) is 56.5 Å². The van der Waals surface area contributed by atoms with E-state index in [-0.39, 0.29) is 36.4 Å². The number of likely N-dealkylation sites (N-methyl/N-ethyl adjacent to an activating group) is 2. The van der Waals surface area contributed by atoms with E-state index < -0.39 is 0 Å². The third-order valence-corrected chi connectivity index (χ3v) is 9.06. The first-order valence-corrected chi connectivity index (χ1v) is 14.1. The van der Waals surface area contributed by atoms with Gasteiger partial charge in [0.2, 0.25) is 11.8 Å². The van der Waals surface area contributed by atoms with Gasteiger partial charge >= 0.3 is 0 Å². The lowest BCUT2D eigenvalue weighted by atomic mass is 9.71. The summed E-state index contributed by atoms with van der Waals surface area (Å²) in [5.74, 6) is 1.32. The Kier molecular flexibility index (Phi) is 10.2. The van der Waals surface area contributed by atoms with Crippen molar-refractivity contribution in [3.63, 3.8) is 0 Å². The number of rotatable bonds is 8. The third-order valence-electron chi connectivity index (χ3n) is 9.06. The fraction of sp³-hybridized carbons (Fsp3) is 0.700. The zero-order chi connectivity index (χ0) is 27.2. The van der Waals surface area contributed by atoms with Crippen LogP contribution < -0.4 is 0 Å². The first-order valence-electron chi connectivity index (χ1n) is 14.1. The first kappa shape index (κ1) is 29.2. The number of nitrogens with one attached hydrogen (secondary N) is 1. The molecule has 2 aliphatic rings. The topological polar surface area (TPSA) is 70.9 Å². The van der Waals surface area contributed by atoms with Crippen LogP contribution in [0.1, 0.15) is 63.9 Å². The molecule has 37 heavy (non-hydrogen) atoms. The number of hydrogen-bond donors (Lipinski definition) is 1. The van der Waals surface area contributed by atoms with Gasteiger partial charge in [-0.15, -0.1) is 0 Å². The van der Waals surface area contributed by atoms with Crippen molar-refractivity contribution in [1.82, 2.24) is 19.6 Å². The van der Waals surface area contributed by atoms with Crippen LogP contribution in [0.15, 0.2) is 30.3 Å². The second-order valence-corrected chi connectivity index (χ2v) is 11.9. The van der Waals surface area contributed by atoms with Crippen molar-refractivity contribution < 1.29 is 9.59 Å². The standard InChI is InChI=1S/C30H49N5O2/c1-23-25(20-24-12-10-13-24)16-18-30(33(4)5,26-14-8-7-9-15-26)17-11-19-35(29(23)37)22-28(36)34(6)21-27(31)32(2)3/h7-9,14-15,23-25,31H,10-13,16-22H2,1-6H3/t23?,25?,30-/m0/s1. The molecule has 1 saturated heterocycles. The van der Waals surface area contributed by atoms with E-state index in [4.69, 9.17) is 5.41 Å². The van der Waals surface area contributed by atoms with Gasteiger partial charge in [0, 0.05) is 39.1 Å². The Labute approximate surface area is 224 Å². The van der Waals surface area contributed by atoms with Crippen LogP contribution in [0.25, 0.3) is 0 Å². The van der Waals surface area contributed by atoms with E-state index in [0.29, 0.717) is 18.3 Å². The van der Waals surface area contributed by atoms with Gasteiger partial charge in [-0.05, 0) is 63.6 Å². The molecule has 2 fully saturated rings. The number of benzene rings is 1. The van der Waals surface area contributed by atoms with Crippen molar-refractivity contribution in [2.24, 2.45) is 17.8 Å². The van der Waals surface area contributed by atoms with Crippen LogP contribution in [-0.4, -0.2) is 92.1 Å². The smallest absolute Gasteiger partial charge is 0.242 e. The molecule has 7 nitrogen and oxygen atoms in total. The molecular weight excluding hydrogens is 462 g/mol. The maximum atomic E-state index is 13.8. The summed E-state index contributed by atoms with van der Waals surface area (Å²) in [6.07, 6.45) is 8.79. The molecule has 206 valence electrons. The first-order chi connectivity index (χ1) is 17.5. The lowest BCUT2D eigenvalue weighted by molar-refractivity contribution is -0.143. The lowest BCUT2D eigenvalue weighted by Crippen LogP contribution is -2.49. The zero-order valence-corrected chi connectivity index (χ0v) is 24.0. The number of amidine groups is 1. The summed E-state index contributed by atoms with van der Waals surface area (Å²) >= 11 is 0. The van der Waals surface area contributed by atoms with Gasteiger partial charge in [-0.2, -0.15) is 0 Å². The van der Waals surface area contributed by atoms with Crippen LogP contribution in [-0.2, 0) is 15.1 Å². The Morgan fingerprint density at radius 2 is 1.70 bits per heavy atom. The van der Waals surface area contributed by atoms with E-state index in [0.717, 1.165) is 38.0 Å². The molecule has 2 unspecified atom stereocenters. The number of amides is 2. The third kappa shape index (κ3) is 7.13. The molecule has 3 atom stereocenters. The van der Waals surface area contributed by atoms with Crippen LogP contribution in [0, 0.1) is 23.2 Å². The summed E-state index contributed by atoms with van der Waals surface area (Å²) in [6.45, 7) is 2.99. The van der Waals surface area contributed by atoms with Crippen molar-refractivity contribution in [2.45, 2.75) is 63.8 Å². The minimum atomic E-state index is -0.110. The molecule has 0 spiro atoms. The Hall–Kier alpha value is -2.41. The van der Waals surface area contributed by atoms with Gasteiger partial charge in [0.1, 0.15) is 5.84 Å². The van der Waals surface area contributed by atoms with Gasteiger partial charge in [0.05, 0.1) is 13.1 Å². The van der Waals surface area contributed by atoms with E-state index in [1.54, 1.807) is 16.8 Å². The Balaban J connectivity index is 1.86. The van der Waals surface area contributed by atoms with Crippen molar-refractivity contribution in [1.29, 1.82) is 5.41 Å². The van der Waals surface area contributed by atoms with Crippen LogP contribution >= 0.6 is 0 Å². The van der Waals surface area contributed by atoms with Crippen molar-refractivity contribution in [3.8, 4) is 0 Å². The summed E-state index contributed by atoms with van der Waals surface area (Å²) in [5, 5.41) is 8.10. The Morgan fingerprint density at radius 3 is 2.27 bits per heavy atom. The van der Waals surface area contributed by atoms with Crippen LogP contribution in [0.2, 0.25) is 0 Å². The molecule has 1 heterocycles. The van der Waals surface area contributed by atoms with Gasteiger partial charge in [0.25, 0.3) is 0 Å². The molecule has 0 bridgehead atoms. The summed E-state index contributed by atoms with van der Waals surface area (Å²) < 4.78 is 0. The molecule has 7 heteroatoms. The summed E-state index contributed by atoms with van der Waals surface area (Å²) in [4.78, 5) is 34.4. The predicted molar refractivity (Wildman–Crippen MR) is 151 cm³/mol. The van der Waals surface area contributed by atoms with Gasteiger partial charge in [0.15, 0.2) is 0 Å². The highest BCUT2D eigenvalue weighted by molar-refractivity contribution is 5.89. The van der Waals surface area contributed by atoms with Crippen molar-refractivity contribution in [2.75, 3.05) is 54.9 Å². The minimum Gasteiger partial charge on any atom is -0.365 e. The number of nitrogens with zero attached hydrogens (tertiary/aromatic N) is 4. The number of carbonyl (C=O) groups is 2. The average molecular weight is 512 g/mol. The maximum Gasteiger partial charge on any atom is 0.242 e. The highest BCUT2D eigenvalue weighted by Crippen LogP contribution is 2.42. The summed E-state index contributed by atoms with van der Waals surface area (Å²) in [5.41, 5.74) is 1.25. The SMILES string of the molecule is CC1C(=O)N(CC(=O)N(C)CC(=N)N(C)C)CCC[C@](c2ccccc2)(N(C)C)CCC1CC1CCC1. The molecule has 1 N–H and O–H groups in total. The fourth-order valence-electron chi connectivity index (χ4n) is 6.08. The minimum absolute atomic E-state index is 0.0802. The average Bonchev–Trinajstić information content (AvgIpc) is 2.84. The summed E-state index contributed by atoms with van der Waals surface area (Å²) in [6, 6.07) is 10.8. The molecular formula is C30H49N5O2. The predicted octanol–water partition coefficient (Wildman–Crippen LogP) is 4.29. The van der Waals surface area contributed by atoms with E-state index >= 15 is 0 Å². The van der Waals surface area contributed by atoms with Crippen LogP contribution in [0.5, 0.6) is 0 Å². The summed E-state index contributed by atoms with van der Waals surface area (Å²) in [7, 11) is 9.71. The van der Waals surface area contributed by atoms with Crippen LogP contribution in [0.4, 0.5) is 0 Å². The van der Waals surface area contributed by atoms with Crippen molar-refractivity contribution >= 4 is 17.6 Å². The van der Waals surface area contributed by atoms with Gasteiger partial charge in [-0.25, -0.2) is 0 Å². The highest BCUT2D eigenvalue weighted by atomic mass is 16.2. The second-order valence-electron chi connectivity index (χ2n) is 11.9. The number of hydrogen-bond acceptors (Lipinski definition) is 4. The maximum absolute atomic E-state index is 13.8. The molecule has 2 amide bonds. The zero-order valence-electron chi connectivity index (χ0n) is 24.0. The van der Waals surface area contributed by atoms with E-state index in [1.165, 1.54) is 24.8 Å². The van der Waals surface area contributed by atoms with Gasteiger partial charge in [-0.3, -0.25) is 19.9 Å². The Morgan fingerprint density at radius 1 is 1.03 bits per heavy atom. The molecule has 1 aliphatic heterocycles. The molecule has 1 aliphatic carbocycles. The molecule has 3 rings (SSSR count). The number of carbonyl (C=O) groups excluding carboxylic acids is 2. The van der Waals surface area contributed by atoms with Crippen LogP contribution in [0.3, 0.4) is 0 Å². The Bertz CT molecular complexity index is 914. The molecule has 1 aromatic rings. The fourth-order valence-corrected chi connectivity index (χ4v) is 6.08. The monoisotopic (exact) mass is 511 g/mol. The van der Waals surface area contributed by atoms with E-state index in [9.17, 15) is 9.59 Å². The molecule has 0 aromatic heterocycles.